The normalized spacial score (nSPS) is 33.9. The highest BCUT2D eigenvalue weighted by Crippen LogP contribution is 2.62. The molecule has 0 N–H and O–H groups in total. The Balaban J connectivity index is 2.42. The van der Waals surface area contributed by atoms with Crippen LogP contribution in [0.15, 0.2) is 42.2 Å². The molecule has 2 atom stereocenters. The summed E-state index contributed by atoms with van der Waals surface area (Å²) in [6.07, 6.45) is 5.13. The zero-order chi connectivity index (χ0) is 16.8. The molecule has 0 nitrogen and oxygen atoms in total. The Morgan fingerprint density at radius 2 is 1.73 bits per heavy atom. The van der Waals surface area contributed by atoms with Gasteiger partial charge in [-0.15, -0.1) is 5.73 Å². The van der Waals surface area contributed by atoms with Gasteiger partial charge in [-0.25, -0.2) is 13.2 Å². The van der Waals surface area contributed by atoms with Gasteiger partial charge in [-0.3, -0.25) is 0 Å². The maximum atomic E-state index is 15.0. The Hall–Kier alpha value is -1.21. The van der Waals surface area contributed by atoms with Crippen molar-refractivity contribution in [3.8, 4) is 0 Å². The minimum atomic E-state index is -2.97. The van der Waals surface area contributed by atoms with Crippen molar-refractivity contribution in [1.29, 1.82) is 0 Å². The van der Waals surface area contributed by atoms with Gasteiger partial charge in [-0.2, -0.15) is 0 Å². The molecule has 0 radical (unpaired) electrons. The molecule has 1 fully saturated rings. The first-order valence-corrected chi connectivity index (χ1v) is 7.83. The van der Waals surface area contributed by atoms with Crippen LogP contribution >= 0.6 is 0 Å². The van der Waals surface area contributed by atoms with Gasteiger partial charge in [0, 0.05) is 11.3 Å². The Morgan fingerprint density at radius 1 is 1.14 bits per heavy atom. The Bertz CT molecular complexity index is 541. The van der Waals surface area contributed by atoms with Crippen LogP contribution in [0.1, 0.15) is 46.5 Å². The molecule has 3 aliphatic rings. The SMILES string of the molecule is C=C(C)C(C)(F)C1C=C=CCC2CC(C(F)(F)C(=C)C)(C2)C1. The second-order valence-corrected chi connectivity index (χ2v) is 7.35. The average molecular weight is 310 g/mol. The van der Waals surface area contributed by atoms with E-state index in [9.17, 15) is 8.78 Å². The first-order valence-electron chi connectivity index (χ1n) is 7.83. The third-order valence-corrected chi connectivity index (χ3v) is 5.57. The highest BCUT2D eigenvalue weighted by atomic mass is 19.3. The van der Waals surface area contributed by atoms with Crippen LogP contribution in [0.3, 0.4) is 0 Å². The lowest BCUT2D eigenvalue weighted by Crippen LogP contribution is -2.53. The predicted octanol–water partition coefficient (Wildman–Crippen LogP) is 6.02. The molecule has 0 aromatic carbocycles. The van der Waals surface area contributed by atoms with E-state index in [0.29, 0.717) is 18.4 Å². The molecule has 0 aromatic rings. The summed E-state index contributed by atoms with van der Waals surface area (Å²) in [5.74, 6) is -3.38. The topological polar surface area (TPSA) is 0 Å². The van der Waals surface area contributed by atoms with Crippen molar-refractivity contribution in [1.82, 2.24) is 0 Å². The van der Waals surface area contributed by atoms with Gasteiger partial charge < -0.3 is 0 Å². The molecule has 0 heterocycles. The zero-order valence-electron chi connectivity index (χ0n) is 13.7. The van der Waals surface area contributed by atoms with Gasteiger partial charge in [0.1, 0.15) is 5.67 Å². The lowest BCUT2D eigenvalue weighted by atomic mass is 9.53. The Kier molecular flexibility index (Phi) is 4.25. The molecule has 0 aliphatic heterocycles. The van der Waals surface area contributed by atoms with Crippen LogP contribution in [0.25, 0.3) is 0 Å². The second-order valence-electron chi connectivity index (χ2n) is 7.35. The summed E-state index contributed by atoms with van der Waals surface area (Å²) in [7, 11) is 0. The van der Waals surface area contributed by atoms with E-state index < -0.39 is 22.9 Å². The van der Waals surface area contributed by atoms with Gasteiger partial charge in [-0.05, 0) is 75.7 Å². The zero-order valence-corrected chi connectivity index (χ0v) is 13.7. The highest BCUT2D eigenvalue weighted by Gasteiger charge is 2.62. The first kappa shape index (κ1) is 17.1. The van der Waals surface area contributed by atoms with E-state index in [1.165, 1.54) is 13.8 Å². The molecular weight excluding hydrogens is 285 g/mol. The molecule has 0 saturated heterocycles. The Labute approximate surface area is 131 Å². The molecule has 122 valence electrons. The number of hydrogen-bond donors (Lipinski definition) is 0. The summed E-state index contributed by atoms with van der Waals surface area (Å²) >= 11 is 0. The van der Waals surface area contributed by atoms with Crippen LogP contribution in [0.4, 0.5) is 13.2 Å². The van der Waals surface area contributed by atoms with E-state index in [4.69, 9.17) is 0 Å². The molecule has 0 aromatic heterocycles. The first-order chi connectivity index (χ1) is 10.0. The van der Waals surface area contributed by atoms with Gasteiger partial charge in [-0.1, -0.05) is 13.2 Å². The third kappa shape index (κ3) is 2.60. The molecule has 3 heteroatoms. The van der Waals surface area contributed by atoms with Crippen LogP contribution in [0.2, 0.25) is 0 Å². The minimum Gasteiger partial charge on any atom is -0.239 e. The standard InChI is InChI=1S/C19H25F3/c1-13(2)17(5,20)16-9-7-6-8-15-10-18(11-15,12-16)19(21,22)14(3)4/h6,9,15-16H,1,3,8,10-12H2,2,4-5H3. The predicted molar refractivity (Wildman–Crippen MR) is 84.6 cm³/mol. The highest BCUT2D eigenvalue weighted by molar-refractivity contribution is 5.22. The molecule has 3 rings (SSSR count). The van der Waals surface area contributed by atoms with Crippen molar-refractivity contribution in [2.45, 2.75) is 58.0 Å². The summed E-state index contributed by atoms with van der Waals surface area (Å²) in [5.41, 5.74) is 0.326. The molecule has 2 bridgehead atoms. The molecule has 22 heavy (non-hydrogen) atoms. The van der Waals surface area contributed by atoms with E-state index in [-0.39, 0.29) is 17.9 Å². The van der Waals surface area contributed by atoms with Gasteiger partial charge >= 0.3 is 0 Å². The van der Waals surface area contributed by atoms with Crippen molar-refractivity contribution < 1.29 is 13.2 Å². The fourth-order valence-corrected chi connectivity index (χ4v) is 3.78. The lowest BCUT2D eigenvalue weighted by molar-refractivity contribution is -0.168. The van der Waals surface area contributed by atoms with E-state index >= 15 is 4.39 Å². The van der Waals surface area contributed by atoms with Crippen molar-refractivity contribution in [3.05, 3.63) is 42.2 Å². The number of fused-ring (bicyclic) bond motifs is 3. The minimum absolute atomic E-state index is 0.101. The third-order valence-electron chi connectivity index (χ3n) is 5.57. The van der Waals surface area contributed by atoms with Gasteiger partial charge in [0.25, 0.3) is 5.92 Å². The molecule has 1 saturated carbocycles. The second kappa shape index (κ2) is 5.45. The summed E-state index contributed by atoms with van der Waals surface area (Å²) < 4.78 is 44.6. The van der Waals surface area contributed by atoms with Crippen molar-refractivity contribution in [2.75, 3.05) is 0 Å². The maximum absolute atomic E-state index is 15.0. The molecule has 3 aliphatic carbocycles. The molecule has 0 spiro atoms. The van der Waals surface area contributed by atoms with E-state index in [2.05, 4.69) is 18.9 Å². The van der Waals surface area contributed by atoms with Crippen molar-refractivity contribution in [3.63, 3.8) is 0 Å². The lowest BCUT2D eigenvalue weighted by Gasteiger charge is -2.54. The van der Waals surface area contributed by atoms with E-state index in [1.54, 1.807) is 13.0 Å². The van der Waals surface area contributed by atoms with Crippen LogP contribution in [-0.4, -0.2) is 11.6 Å². The van der Waals surface area contributed by atoms with E-state index in [1.807, 2.05) is 6.08 Å². The number of allylic oxidation sites excluding steroid dienone is 3. The largest absolute Gasteiger partial charge is 0.274 e. The van der Waals surface area contributed by atoms with Crippen LogP contribution < -0.4 is 0 Å². The number of rotatable bonds is 4. The summed E-state index contributed by atoms with van der Waals surface area (Å²) in [6.45, 7) is 11.6. The summed E-state index contributed by atoms with van der Waals surface area (Å²) in [6, 6.07) is 0. The number of halogens is 3. The van der Waals surface area contributed by atoms with Gasteiger partial charge in [0.15, 0.2) is 0 Å². The number of alkyl halides is 3. The van der Waals surface area contributed by atoms with Crippen LogP contribution in [-0.2, 0) is 0 Å². The molecular formula is C19H25F3. The fourth-order valence-electron chi connectivity index (χ4n) is 3.78. The van der Waals surface area contributed by atoms with Gasteiger partial charge in [0.05, 0.1) is 0 Å². The monoisotopic (exact) mass is 310 g/mol. The maximum Gasteiger partial charge on any atom is 0.274 e. The van der Waals surface area contributed by atoms with Crippen molar-refractivity contribution >= 4 is 0 Å². The fraction of sp³-hybridized carbons (Fsp3) is 0.632. The smallest absolute Gasteiger partial charge is 0.239 e. The van der Waals surface area contributed by atoms with Crippen molar-refractivity contribution in [2.24, 2.45) is 17.3 Å². The summed E-state index contributed by atoms with van der Waals surface area (Å²) in [5, 5.41) is 0. The molecule has 2 unspecified atom stereocenters. The summed E-state index contributed by atoms with van der Waals surface area (Å²) in [4.78, 5) is 0. The average Bonchev–Trinajstić information content (AvgIpc) is 2.51. The van der Waals surface area contributed by atoms with Gasteiger partial charge in [0.2, 0.25) is 0 Å². The van der Waals surface area contributed by atoms with Crippen LogP contribution in [0.5, 0.6) is 0 Å². The number of hydrogen-bond acceptors (Lipinski definition) is 0. The quantitative estimate of drug-likeness (QED) is 0.440. The van der Waals surface area contributed by atoms with E-state index in [0.717, 1.165) is 6.42 Å². The molecule has 0 amide bonds. The Morgan fingerprint density at radius 3 is 2.23 bits per heavy atom. The van der Waals surface area contributed by atoms with Crippen LogP contribution in [0, 0.1) is 17.3 Å².